The number of H-pyrrole nitrogens is 1. The Hall–Kier alpha value is -5.35. The first-order valence-electron chi connectivity index (χ1n) is 15.0. The lowest BCUT2D eigenvalue weighted by Crippen LogP contribution is -2.47. The number of piperazine rings is 1. The number of carbonyl (C=O) groups is 2. The molecule has 5 heterocycles. The monoisotopic (exact) mass is 602 g/mol. The van der Waals surface area contributed by atoms with Gasteiger partial charge < -0.3 is 33.6 Å². The Labute approximate surface area is 258 Å². The van der Waals surface area contributed by atoms with Crippen LogP contribution in [0.5, 0.6) is 11.5 Å². The van der Waals surface area contributed by atoms with Crippen LogP contribution in [0.1, 0.15) is 43.8 Å². The van der Waals surface area contributed by atoms with Crippen LogP contribution in [0, 0.1) is 0 Å². The van der Waals surface area contributed by atoms with Crippen molar-refractivity contribution in [3.05, 3.63) is 117 Å². The van der Waals surface area contributed by atoms with E-state index in [2.05, 4.69) is 16.9 Å². The van der Waals surface area contributed by atoms with Crippen LogP contribution in [-0.2, 0) is 6.54 Å². The Morgan fingerprint density at radius 3 is 2.44 bits per heavy atom. The summed E-state index contributed by atoms with van der Waals surface area (Å²) in [7, 11) is 2.06. The summed E-state index contributed by atoms with van der Waals surface area (Å²) in [4.78, 5) is 49.9. The van der Waals surface area contributed by atoms with Gasteiger partial charge in [-0.15, -0.1) is 0 Å². The van der Waals surface area contributed by atoms with Gasteiger partial charge in [0, 0.05) is 53.8 Å². The lowest BCUT2D eigenvalue weighted by molar-refractivity contribution is 0.0662. The number of hydrogen-bond acceptors (Lipinski definition) is 7. The zero-order valence-corrected chi connectivity index (χ0v) is 24.6. The van der Waals surface area contributed by atoms with Crippen molar-refractivity contribution in [2.75, 3.05) is 40.0 Å². The molecule has 3 aliphatic heterocycles. The molecule has 0 bridgehead atoms. The van der Waals surface area contributed by atoms with Gasteiger partial charge in [0.15, 0.2) is 22.7 Å². The summed E-state index contributed by atoms with van der Waals surface area (Å²) in [5.41, 5.74) is 3.95. The summed E-state index contributed by atoms with van der Waals surface area (Å²) in [5, 5.41) is 0.574. The molecule has 8 rings (SSSR count). The lowest BCUT2D eigenvalue weighted by atomic mass is 10.0. The van der Waals surface area contributed by atoms with Crippen molar-refractivity contribution in [3.8, 4) is 22.8 Å². The number of benzene rings is 3. The third-order valence-corrected chi connectivity index (χ3v) is 8.95. The molecule has 2 amide bonds. The van der Waals surface area contributed by atoms with E-state index in [1.54, 1.807) is 35.2 Å². The summed E-state index contributed by atoms with van der Waals surface area (Å²) in [6, 6.07) is 23.0. The number of amides is 2. The molecule has 2 aromatic heterocycles. The maximum absolute atomic E-state index is 14.1. The molecule has 0 aliphatic carbocycles. The molecule has 5 aromatic rings. The summed E-state index contributed by atoms with van der Waals surface area (Å²) in [6.07, 6.45) is 0. The Morgan fingerprint density at radius 1 is 0.844 bits per heavy atom. The number of rotatable bonds is 4. The van der Waals surface area contributed by atoms with Gasteiger partial charge in [0.05, 0.1) is 18.3 Å². The lowest BCUT2D eigenvalue weighted by Gasteiger charge is -2.32. The van der Waals surface area contributed by atoms with Crippen LogP contribution < -0.4 is 14.9 Å². The number of para-hydroxylation sites is 1. The molecule has 0 unspecified atom stereocenters. The van der Waals surface area contributed by atoms with E-state index in [0.29, 0.717) is 58.1 Å². The highest BCUT2D eigenvalue weighted by molar-refractivity contribution is 5.95. The van der Waals surface area contributed by atoms with Gasteiger partial charge in [-0.2, -0.15) is 0 Å². The predicted octanol–water partition coefficient (Wildman–Crippen LogP) is 4.65. The molecule has 10 nitrogen and oxygen atoms in total. The van der Waals surface area contributed by atoms with Gasteiger partial charge in [-0.25, -0.2) is 0 Å². The van der Waals surface area contributed by atoms with Crippen LogP contribution in [0.4, 0.5) is 0 Å². The first-order valence-corrected chi connectivity index (χ1v) is 15.0. The van der Waals surface area contributed by atoms with Crippen molar-refractivity contribution in [2.45, 2.75) is 12.6 Å². The molecule has 1 fully saturated rings. The molecule has 226 valence electrons. The van der Waals surface area contributed by atoms with Crippen LogP contribution in [0.2, 0.25) is 0 Å². The van der Waals surface area contributed by atoms with E-state index < -0.39 is 6.04 Å². The van der Waals surface area contributed by atoms with Gasteiger partial charge in [-0.1, -0.05) is 30.3 Å². The maximum Gasteiger partial charge on any atom is 0.290 e. The number of fused-ring (bicyclic) bond motifs is 3. The molecular formula is C35H30N4O6. The van der Waals surface area contributed by atoms with Crippen LogP contribution >= 0.6 is 0 Å². The number of aromatic nitrogens is 1. The normalized spacial score (nSPS) is 17.6. The molecule has 1 saturated heterocycles. The highest BCUT2D eigenvalue weighted by atomic mass is 16.7. The number of nitrogens with zero attached hydrogens (tertiary/aromatic N) is 3. The summed E-state index contributed by atoms with van der Waals surface area (Å²) in [6.45, 7) is 3.37. The second kappa shape index (κ2) is 10.7. The fraction of sp³-hybridized carbons (Fsp3) is 0.229. The van der Waals surface area contributed by atoms with E-state index in [0.717, 1.165) is 24.2 Å². The molecule has 0 spiro atoms. The number of pyridine rings is 1. The third-order valence-electron chi connectivity index (χ3n) is 8.95. The van der Waals surface area contributed by atoms with E-state index in [1.165, 1.54) is 0 Å². The van der Waals surface area contributed by atoms with Gasteiger partial charge in [0.25, 0.3) is 11.8 Å². The smallest absolute Gasteiger partial charge is 0.290 e. The number of nitrogens with one attached hydrogen (secondary N) is 1. The second-order valence-corrected chi connectivity index (χ2v) is 11.7. The summed E-state index contributed by atoms with van der Waals surface area (Å²) < 4.78 is 17.3. The average Bonchev–Trinajstić information content (AvgIpc) is 3.83. The number of hydrogen-bond donors (Lipinski definition) is 1. The van der Waals surface area contributed by atoms with Gasteiger partial charge in [-0.05, 0) is 61.1 Å². The second-order valence-electron chi connectivity index (χ2n) is 11.7. The Kier molecular flexibility index (Phi) is 6.45. The van der Waals surface area contributed by atoms with Crippen molar-refractivity contribution in [3.63, 3.8) is 0 Å². The number of furan rings is 1. The van der Waals surface area contributed by atoms with E-state index in [9.17, 15) is 14.4 Å². The Bertz CT molecular complexity index is 2020. The molecule has 1 atom stereocenters. The predicted molar refractivity (Wildman–Crippen MR) is 166 cm³/mol. The van der Waals surface area contributed by atoms with Crippen LogP contribution in [0.15, 0.2) is 88.1 Å². The van der Waals surface area contributed by atoms with E-state index >= 15 is 0 Å². The highest BCUT2D eigenvalue weighted by Crippen LogP contribution is 2.42. The van der Waals surface area contributed by atoms with E-state index in [-0.39, 0.29) is 36.3 Å². The fourth-order valence-electron chi connectivity index (χ4n) is 6.44. The molecule has 45 heavy (non-hydrogen) atoms. The number of ether oxygens (including phenoxy) is 2. The largest absolute Gasteiger partial charge is 0.454 e. The van der Waals surface area contributed by atoms with Crippen LogP contribution in [0.25, 0.3) is 22.2 Å². The first-order chi connectivity index (χ1) is 21.9. The molecule has 1 N–H and O–H groups in total. The first kappa shape index (κ1) is 27.2. The number of aromatic amines is 1. The van der Waals surface area contributed by atoms with E-state index in [1.807, 2.05) is 53.4 Å². The zero-order valence-electron chi connectivity index (χ0n) is 24.6. The minimum Gasteiger partial charge on any atom is -0.454 e. The van der Waals surface area contributed by atoms with Gasteiger partial charge in [-0.3, -0.25) is 14.4 Å². The Balaban J connectivity index is 1.10. The molecule has 3 aromatic carbocycles. The molecule has 0 radical (unpaired) electrons. The minimum absolute atomic E-state index is 0.00956. The zero-order chi connectivity index (χ0) is 30.7. The summed E-state index contributed by atoms with van der Waals surface area (Å²) in [5.74, 6) is 1.54. The maximum atomic E-state index is 14.1. The van der Waals surface area contributed by atoms with Gasteiger partial charge in [0.1, 0.15) is 5.76 Å². The third kappa shape index (κ3) is 4.65. The van der Waals surface area contributed by atoms with Crippen LogP contribution in [0.3, 0.4) is 0 Å². The van der Waals surface area contributed by atoms with Crippen molar-refractivity contribution in [1.29, 1.82) is 0 Å². The highest BCUT2D eigenvalue weighted by Gasteiger charge is 2.39. The van der Waals surface area contributed by atoms with Crippen molar-refractivity contribution < 1.29 is 23.5 Å². The average molecular weight is 603 g/mol. The standard InChI is InChI=1S/C35H30N4O6/c1-37-14-16-38(17-15-37)34(41)22-8-6-21(7-9-22)27-12-13-29(45-27)35(42)39-19-25-31(36-26-5-3-2-4-24(26)33(25)40)32(39)23-10-11-28-30(18-23)44-20-43-28/h2-13,18,32H,14-17,19-20H2,1H3,(H,36,40)/t32-/m1/s1. The quantitative estimate of drug-likeness (QED) is 0.319. The van der Waals surface area contributed by atoms with Crippen molar-refractivity contribution in [1.82, 2.24) is 19.7 Å². The number of carbonyl (C=O) groups excluding carboxylic acids is 2. The van der Waals surface area contributed by atoms with E-state index in [4.69, 9.17) is 13.9 Å². The Morgan fingerprint density at radius 2 is 1.62 bits per heavy atom. The van der Waals surface area contributed by atoms with Gasteiger partial charge >= 0.3 is 0 Å². The SMILES string of the molecule is CN1CCN(C(=O)c2ccc(-c3ccc(C(=O)N4Cc5c([nH]c6ccccc6c5=O)[C@H]4c4ccc5c(c4)OCO5)o3)cc2)CC1. The van der Waals surface area contributed by atoms with Crippen molar-refractivity contribution >= 4 is 22.7 Å². The molecule has 10 heteroatoms. The van der Waals surface area contributed by atoms with Crippen molar-refractivity contribution in [2.24, 2.45) is 0 Å². The minimum atomic E-state index is -0.576. The topological polar surface area (TPSA) is 108 Å². The molecule has 0 saturated carbocycles. The fourth-order valence-corrected chi connectivity index (χ4v) is 6.44. The summed E-state index contributed by atoms with van der Waals surface area (Å²) >= 11 is 0. The number of likely N-dealkylation sites (N-methyl/N-ethyl adjacent to an activating group) is 1. The van der Waals surface area contributed by atoms with Crippen LogP contribution in [-0.4, -0.2) is 71.5 Å². The molecular weight excluding hydrogens is 572 g/mol. The molecule has 3 aliphatic rings. The van der Waals surface area contributed by atoms with Gasteiger partial charge in [0.2, 0.25) is 6.79 Å².